The number of hydrogen-bond acceptors (Lipinski definition) is 3. The van der Waals surface area contributed by atoms with E-state index in [-0.39, 0.29) is 12.1 Å². The quantitative estimate of drug-likeness (QED) is 0.799. The van der Waals surface area contributed by atoms with Crippen LogP contribution in [0.5, 0.6) is 5.75 Å². The monoisotopic (exact) mass is 222 g/mol. The SMILES string of the molecule is CCc1ccc(OC)c(C(NC)C(C)N)c1. The molecule has 0 bridgehead atoms. The summed E-state index contributed by atoms with van der Waals surface area (Å²) >= 11 is 0. The molecule has 0 aliphatic carbocycles. The van der Waals surface area contributed by atoms with Gasteiger partial charge < -0.3 is 15.8 Å². The second-order valence-electron chi connectivity index (χ2n) is 4.06. The fourth-order valence-corrected chi connectivity index (χ4v) is 1.95. The molecule has 90 valence electrons. The fraction of sp³-hybridized carbons (Fsp3) is 0.538. The predicted molar refractivity (Wildman–Crippen MR) is 67.8 cm³/mol. The van der Waals surface area contributed by atoms with E-state index >= 15 is 0 Å². The maximum absolute atomic E-state index is 5.98. The lowest BCUT2D eigenvalue weighted by molar-refractivity contribution is 0.394. The lowest BCUT2D eigenvalue weighted by atomic mass is 9.97. The van der Waals surface area contributed by atoms with Gasteiger partial charge in [0, 0.05) is 11.6 Å². The Balaban J connectivity index is 3.15. The molecule has 0 saturated carbocycles. The fourth-order valence-electron chi connectivity index (χ4n) is 1.95. The third-order valence-electron chi connectivity index (χ3n) is 2.87. The summed E-state index contributed by atoms with van der Waals surface area (Å²) in [5, 5.41) is 3.24. The van der Waals surface area contributed by atoms with Crippen molar-refractivity contribution in [1.82, 2.24) is 5.32 Å². The topological polar surface area (TPSA) is 47.3 Å². The van der Waals surface area contributed by atoms with Gasteiger partial charge in [0.05, 0.1) is 13.2 Å². The third kappa shape index (κ3) is 2.74. The van der Waals surface area contributed by atoms with Crippen LogP contribution in [0.1, 0.15) is 31.0 Å². The molecule has 0 saturated heterocycles. The second-order valence-corrected chi connectivity index (χ2v) is 4.06. The molecule has 0 aliphatic heterocycles. The molecule has 0 amide bonds. The van der Waals surface area contributed by atoms with Crippen LogP contribution in [0, 0.1) is 0 Å². The van der Waals surface area contributed by atoms with Crippen LogP contribution in [0.15, 0.2) is 18.2 Å². The molecule has 0 spiro atoms. The minimum Gasteiger partial charge on any atom is -0.496 e. The Bertz CT molecular complexity index is 337. The Hall–Kier alpha value is -1.06. The Morgan fingerprint density at radius 1 is 1.44 bits per heavy atom. The lowest BCUT2D eigenvalue weighted by Gasteiger charge is -2.23. The highest BCUT2D eigenvalue weighted by Crippen LogP contribution is 2.27. The van der Waals surface area contributed by atoms with Gasteiger partial charge in [0.15, 0.2) is 0 Å². The first-order valence-corrected chi connectivity index (χ1v) is 5.73. The van der Waals surface area contributed by atoms with Gasteiger partial charge in [0.1, 0.15) is 5.75 Å². The van der Waals surface area contributed by atoms with Gasteiger partial charge >= 0.3 is 0 Å². The highest BCUT2D eigenvalue weighted by atomic mass is 16.5. The molecule has 2 unspecified atom stereocenters. The minimum absolute atomic E-state index is 0.0472. The van der Waals surface area contributed by atoms with E-state index in [1.54, 1.807) is 7.11 Å². The summed E-state index contributed by atoms with van der Waals surface area (Å²) in [5.41, 5.74) is 8.42. The number of hydrogen-bond donors (Lipinski definition) is 2. The lowest BCUT2D eigenvalue weighted by Crippen LogP contribution is -2.34. The minimum atomic E-state index is 0.0472. The van der Waals surface area contributed by atoms with Gasteiger partial charge in [-0.15, -0.1) is 0 Å². The molecule has 3 nitrogen and oxygen atoms in total. The molecule has 1 aromatic carbocycles. The van der Waals surface area contributed by atoms with Gasteiger partial charge in [-0.25, -0.2) is 0 Å². The van der Waals surface area contributed by atoms with Gasteiger partial charge in [-0.1, -0.05) is 19.1 Å². The zero-order valence-corrected chi connectivity index (χ0v) is 10.6. The zero-order chi connectivity index (χ0) is 12.1. The largest absolute Gasteiger partial charge is 0.496 e. The van der Waals surface area contributed by atoms with Crippen LogP contribution >= 0.6 is 0 Å². The van der Waals surface area contributed by atoms with Crippen LogP contribution in [0.4, 0.5) is 0 Å². The van der Waals surface area contributed by atoms with Crippen LogP contribution in [0.2, 0.25) is 0 Å². The highest BCUT2D eigenvalue weighted by Gasteiger charge is 2.18. The predicted octanol–water partition coefficient (Wildman–Crippen LogP) is 1.87. The maximum Gasteiger partial charge on any atom is 0.123 e. The summed E-state index contributed by atoms with van der Waals surface area (Å²) in [6.07, 6.45) is 1.02. The van der Waals surface area contributed by atoms with Gasteiger partial charge in [-0.2, -0.15) is 0 Å². The number of rotatable bonds is 5. The molecule has 1 aromatic rings. The average molecular weight is 222 g/mol. The summed E-state index contributed by atoms with van der Waals surface area (Å²) in [6.45, 7) is 4.14. The molecule has 0 fully saturated rings. The van der Waals surface area contributed by atoms with Crippen molar-refractivity contribution < 1.29 is 4.74 Å². The van der Waals surface area contributed by atoms with E-state index in [1.807, 2.05) is 20.0 Å². The van der Waals surface area contributed by atoms with Gasteiger partial charge in [-0.3, -0.25) is 0 Å². The molecule has 16 heavy (non-hydrogen) atoms. The molecule has 0 heterocycles. The standard InChI is InChI=1S/C13H22N2O/c1-5-10-6-7-12(16-4)11(8-10)13(15-3)9(2)14/h6-9,13,15H,5,14H2,1-4H3. The van der Waals surface area contributed by atoms with Crippen LogP contribution in [0.25, 0.3) is 0 Å². The van der Waals surface area contributed by atoms with Crippen molar-refractivity contribution in [3.8, 4) is 5.75 Å². The van der Waals surface area contributed by atoms with E-state index in [4.69, 9.17) is 10.5 Å². The number of benzene rings is 1. The molecule has 3 heteroatoms. The number of methoxy groups -OCH3 is 1. The van der Waals surface area contributed by atoms with Crippen molar-refractivity contribution in [3.63, 3.8) is 0 Å². The molecule has 0 aromatic heterocycles. The summed E-state index contributed by atoms with van der Waals surface area (Å²) in [4.78, 5) is 0. The summed E-state index contributed by atoms with van der Waals surface area (Å²) in [7, 11) is 3.62. The Labute approximate surface area is 98.0 Å². The molecule has 0 aliphatic rings. The number of aryl methyl sites for hydroxylation is 1. The zero-order valence-electron chi connectivity index (χ0n) is 10.6. The number of nitrogens with one attached hydrogen (secondary N) is 1. The normalized spacial score (nSPS) is 14.6. The van der Waals surface area contributed by atoms with Crippen molar-refractivity contribution >= 4 is 0 Å². The van der Waals surface area contributed by atoms with E-state index in [0.717, 1.165) is 17.7 Å². The van der Waals surface area contributed by atoms with Gasteiger partial charge in [-0.05, 0) is 32.0 Å². The first-order chi connectivity index (χ1) is 7.63. The van der Waals surface area contributed by atoms with E-state index in [9.17, 15) is 0 Å². The maximum atomic E-state index is 5.98. The Morgan fingerprint density at radius 3 is 2.56 bits per heavy atom. The molecular formula is C13H22N2O. The first kappa shape index (κ1) is 13.0. The number of ether oxygens (including phenoxy) is 1. The van der Waals surface area contributed by atoms with Gasteiger partial charge in [0.2, 0.25) is 0 Å². The van der Waals surface area contributed by atoms with Crippen molar-refractivity contribution in [3.05, 3.63) is 29.3 Å². The van der Waals surface area contributed by atoms with Crippen molar-refractivity contribution in [2.75, 3.05) is 14.2 Å². The highest BCUT2D eigenvalue weighted by molar-refractivity contribution is 5.40. The smallest absolute Gasteiger partial charge is 0.123 e. The van der Waals surface area contributed by atoms with Gasteiger partial charge in [0.25, 0.3) is 0 Å². The molecule has 3 N–H and O–H groups in total. The van der Waals surface area contributed by atoms with E-state index in [1.165, 1.54) is 5.56 Å². The van der Waals surface area contributed by atoms with Crippen LogP contribution < -0.4 is 15.8 Å². The van der Waals surface area contributed by atoms with Crippen LogP contribution in [0.3, 0.4) is 0 Å². The van der Waals surface area contributed by atoms with E-state index in [0.29, 0.717) is 0 Å². The number of nitrogens with two attached hydrogens (primary N) is 1. The second kappa shape index (κ2) is 5.87. The van der Waals surface area contributed by atoms with Crippen molar-refractivity contribution in [2.24, 2.45) is 5.73 Å². The third-order valence-corrected chi connectivity index (χ3v) is 2.87. The molecular weight excluding hydrogens is 200 g/mol. The van der Waals surface area contributed by atoms with E-state index in [2.05, 4.69) is 24.4 Å². The van der Waals surface area contributed by atoms with Crippen molar-refractivity contribution in [2.45, 2.75) is 32.4 Å². The van der Waals surface area contributed by atoms with Crippen molar-refractivity contribution in [1.29, 1.82) is 0 Å². The molecule has 1 rings (SSSR count). The van der Waals surface area contributed by atoms with Crippen LogP contribution in [-0.2, 0) is 6.42 Å². The van der Waals surface area contributed by atoms with Crippen LogP contribution in [-0.4, -0.2) is 20.2 Å². The van der Waals surface area contributed by atoms with E-state index < -0.39 is 0 Å². The molecule has 2 atom stereocenters. The summed E-state index contributed by atoms with van der Waals surface area (Å²) < 4.78 is 5.38. The molecule has 0 radical (unpaired) electrons. The number of likely N-dealkylation sites (N-methyl/N-ethyl adjacent to an activating group) is 1. The summed E-state index contributed by atoms with van der Waals surface area (Å²) in [5.74, 6) is 0.897. The first-order valence-electron chi connectivity index (χ1n) is 5.73. The summed E-state index contributed by atoms with van der Waals surface area (Å²) in [6, 6.07) is 6.45. The average Bonchev–Trinajstić information content (AvgIpc) is 2.29. The Kier molecular flexibility index (Phi) is 4.77. The Morgan fingerprint density at radius 2 is 2.12 bits per heavy atom.